The van der Waals surface area contributed by atoms with Crippen LogP contribution in [0.5, 0.6) is 0 Å². The second-order valence-corrected chi connectivity index (χ2v) is 6.85. The molecule has 1 aromatic heterocycles. The third kappa shape index (κ3) is 3.94. The number of aryl methyl sites for hydroxylation is 1. The monoisotopic (exact) mass is 391 g/mol. The Morgan fingerprint density at radius 2 is 2.00 bits per heavy atom. The quantitative estimate of drug-likeness (QED) is 0.618. The fraction of sp³-hybridized carbons (Fsp3) is 0.263. The van der Waals surface area contributed by atoms with Crippen LogP contribution in [0.15, 0.2) is 40.9 Å². The minimum atomic E-state index is -0.228. The number of amides is 2. The molecule has 0 saturated heterocycles. The summed E-state index contributed by atoms with van der Waals surface area (Å²) in [5.74, 6) is 0. The first-order valence-corrected chi connectivity index (χ1v) is 9.10. The number of hydrogen-bond donors (Lipinski definition) is 1. The van der Waals surface area contributed by atoms with E-state index in [4.69, 9.17) is 27.7 Å². The van der Waals surface area contributed by atoms with Crippen LogP contribution in [0.3, 0.4) is 0 Å². The van der Waals surface area contributed by atoms with Crippen LogP contribution in [0.2, 0.25) is 10.0 Å². The highest BCUT2D eigenvalue weighted by Crippen LogP contribution is 2.27. The molecule has 0 saturated carbocycles. The number of carbonyl (C=O) groups is 1. The number of rotatable bonds is 5. The molecular formula is C19H19Cl2N3O2. The standard InChI is InChI=1S/C19H19Cl2N3O2/c1-3-8-24(13-5-6-15(20)16(21)10-13)19(25)22-11-17-14-9-12(2)4-7-18(14)26-23-17/h4-7,9-10H,3,8,11H2,1-2H3,(H,22,25). The summed E-state index contributed by atoms with van der Waals surface area (Å²) in [5, 5.41) is 8.74. The molecule has 0 aliphatic heterocycles. The van der Waals surface area contributed by atoms with Gasteiger partial charge in [0.2, 0.25) is 0 Å². The van der Waals surface area contributed by atoms with Gasteiger partial charge >= 0.3 is 6.03 Å². The minimum absolute atomic E-state index is 0.228. The fourth-order valence-corrected chi connectivity index (χ4v) is 3.00. The van der Waals surface area contributed by atoms with Crippen molar-refractivity contribution in [2.24, 2.45) is 0 Å². The van der Waals surface area contributed by atoms with Gasteiger partial charge in [0, 0.05) is 17.6 Å². The highest BCUT2D eigenvalue weighted by atomic mass is 35.5. The Bertz CT molecular complexity index is 940. The van der Waals surface area contributed by atoms with Crippen molar-refractivity contribution in [2.45, 2.75) is 26.8 Å². The lowest BCUT2D eigenvalue weighted by Crippen LogP contribution is -2.40. The Balaban J connectivity index is 1.77. The summed E-state index contributed by atoms with van der Waals surface area (Å²) >= 11 is 12.1. The molecule has 0 aliphatic carbocycles. The Hall–Kier alpha value is -2.24. The van der Waals surface area contributed by atoms with Crippen LogP contribution in [0, 0.1) is 6.92 Å². The van der Waals surface area contributed by atoms with E-state index in [1.807, 2.05) is 32.0 Å². The van der Waals surface area contributed by atoms with Crippen molar-refractivity contribution in [3.05, 3.63) is 57.7 Å². The number of nitrogens with one attached hydrogen (secondary N) is 1. The molecule has 26 heavy (non-hydrogen) atoms. The molecule has 0 bridgehead atoms. The van der Waals surface area contributed by atoms with Crippen LogP contribution in [0.4, 0.5) is 10.5 Å². The van der Waals surface area contributed by atoms with Gasteiger partial charge in [-0.1, -0.05) is 46.9 Å². The smallest absolute Gasteiger partial charge is 0.322 e. The van der Waals surface area contributed by atoms with Crippen LogP contribution in [-0.2, 0) is 6.54 Å². The molecule has 0 radical (unpaired) electrons. The molecule has 3 aromatic rings. The highest BCUT2D eigenvalue weighted by molar-refractivity contribution is 6.42. The van der Waals surface area contributed by atoms with Gasteiger partial charge in [-0.05, 0) is 43.7 Å². The van der Waals surface area contributed by atoms with E-state index in [-0.39, 0.29) is 12.6 Å². The third-order valence-corrected chi connectivity index (χ3v) is 4.75. The lowest BCUT2D eigenvalue weighted by molar-refractivity contribution is 0.245. The fourth-order valence-electron chi connectivity index (χ4n) is 2.71. The van der Waals surface area contributed by atoms with E-state index < -0.39 is 0 Å². The zero-order valence-electron chi connectivity index (χ0n) is 14.6. The number of urea groups is 1. The van der Waals surface area contributed by atoms with Crippen molar-refractivity contribution < 1.29 is 9.32 Å². The molecule has 3 rings (SSSR count). The first kappa shape index (κ1) is 18.5. The third-order valence-electron chi connectivity index (χ3n) is 4.01. The molecule has 5 nitrogen and oxygen atoms in total. The van der Waals surface area contributed by atoms with Crippen LogP contribution in [0.1, 0.15) is 24.6 Å². The number of halogens is 2. The predicted octanol–water partition coefficient (Wildman–Crippen LogP) is 5.57. The Kier molecular flexibility index (Phi) is 5.69. The van der Waals surface area contributed by atoms with Crippen LogP contribution in [-0.4, -0.2) is 17.7 Å². The maximum atomic E-state index is 12.7. The molecule has 2 amide bonds. The Morgan fingerprint density at radius 3 is 2.73 bits per heavy atom. The zero-order chi connectivity index (χ0) is 18.7. The lowest BCUT2D eigenvalue weighted by Gasteiger charge is -2.23. The van der Waals surface area contributed by atoms with Gasteiger partial charge in [-0.25, -0.2) is 4.79 Å². The molecule has 2 aromatic carbocycles. The van der Waals surface area contributed by atoms with Crippen molar-refractivity contribution in [2.75, 3.05) is 11.4 Å². The van der Waals surface area contributed by atoms with E-state index in [1.165, 1.54) is 0 Å². The Morgan fingerprint density at radius 1 is 1.19 bits per heavy atom. The van der Waals surface area contributed by atoms with Gasteiger partial charge in [0.05, 0.1) is 16.6 Å². The van der Waals surface area contributed by atoms with E-state index in [1.54, 1.807) is 23.1 Å². The van der Waals surface area contributed by atoms with E-state index >= 15 is 0 Å². The van der Waals surface area contributed by atoms with Gasteiger partial charge in [0.15, 0.2) is 5.58 Å². The Labute approximate surface area is 161 Å². The number of hydrogen-bond acceptors (Lipinski definition) is 3. The van der Waals surface area contributed by atoms with Crippen molar-refractivity contribution in [1.29, 1.82) is 0 Å². The maximum Gasteiger partial charge on any atom is 0.322 e. The van der Waals surface area contributed by atoms with Gasteiger partial charge in [0.1, 0.15) is 5.69 Å². The van der Waals surface area contributed by atoms with Crippen molar-refractivity contribution in [3.8, 4) is 0 Å². The van der Waals surface area contributed by atoms with E-state index in [0.717, 1.165) is 17.4 Å². The summed E-state index contributed by atoms with van der Waals surface area (Å²) in [6.07, 6.45) is 0.805. The molecule has 0 spiro atoms. The number of benzene rings is 2. The van der Waals surface area contributed by atoms with Gasteiger partial charge < -0.3 is 9.84 Å². The van der Waals surface area contributed by atoms with Crippen molar-refractivity contribution >= 4 is 45.9 Å². The first-order valence-electron chi connectivity index (χ1n) is 8.35. The number of anilines is 1. The van der Waals surface area contributed by atoms with Gasteiger partial charge in [-0.15, -0.1) is 0 Å². The zero-order valence-corrected chi connectivity index (χ0v) is 16.1. The molecular weight excluding hydrogens is 373 g/mol. The topological polar surface area (TPSA) is 58.4 Å². The molecule has 136 valence electrons. The number of carbonyl (C=O) groups excluding carboxylic acids is 1. The molecule has 0 atom stereocenters. The van der Waals surface area contributed by atoms with E-state index in [9.17, 15) is 4.79 Å². The number of aromatic nitrogens is 1. The van der Waals surface area contributed by atoms with Crippen molar-refractivity contribution in [1.82, 2.24) is 10.5 Å². The average molecular weight is 392 g/mol. The molecule has 0 unspecified atom stereocenters. The highest BCUT2D eigenvalue weighted by Gasteiger charge is 2.17. The van der Waals surface area contributed by atoms with Gasteiger partial charge in [0.25, 0.3) is 0 Å². The summed E-state index contributed by atoms with van der Waals surface area (Å²) < 4.78 is 5.31. The molecule has 0 aliphatic rings. The van der Waals surface area contributed by atoms with E-state index in [2.05, 4.69) is 10.5 Å². The van der Waals surface area contributed by atoms with Crippen molar-refractivity contribution in [3.63, 3.8) is 0 Å². The average Bonchev–Trinajstić information content (AvgIpc) is 3.02. The normalized spacial score (nSPS) is 10.9. The predicted molar refractivity (Wildman–Crippen MR) is 105 cm³/mol. The van der Waals surface area contributed by atoms with E-state index in [0.29, 0.717) is 33.6 Å². The van der Waals surface area contributed by atoms with Crippen LogP contribution < -0.4 is 10.2 Å². The van der Waals surface area contributed by atoms with Crippen LogP contribution >= 0.6 is 23.2 Å². The molecule has 7 heteroatoms. The van der Waals surface area contributed by atoms with Gasteiger partial charge in [-0.3, -0.25) is 4.90 Å². The summed E-state index contributed by atoms with van der Waals surface area (Å²) in [5.41, 5.74) is 3.20. The second kappa shape index (κ2) is 7.98. The SMILES string of the molecule is CCCN(C(=O)NCc1noc2ccc(C)cc12)c1ccc(Cl)c(Cl)c1. The minimum Gasteiger partial charge on any atom is -0.356 e. The number of fused-ring (bicyclic) bond motifs is 1. The number of nitrogens with zero attached hydrogens (tertiary/aromatic N) is 2. The van der Waals surface area contributed by atoms with Gasteiger partial charge in [-0.2, -0.15) is 0 Å². The summed E-state index contributed by atoms with van der Waals surface area (Å²) in [4.78, 5) is 14.3. The molecule has 0 fully saturated rings. The first-order chi connectivity index (χ1) is 12.5. The largest absolute Gasteiger partial charge is 0.356 e. The van der Waals surface area contributed by atoms with Crippen LogP contribution in [0.25, 0.3) is 11.0 Å². The summed E-state index contributed by atoms with van der Waals surface area (Å²) in [7, 11) is 0. The molecule has 1 N–H and O–H groups in total. The summed E-state index contributed by atoms with van der Waals surface area (Å²) in [6, 6.07) is 10.8. The maximum absolute atomic E-state index is 12.7. The lowest BCUT2D eigenvalue weighted by atomic mass is 10.1. The summed E-state index contributed by atoms with van der Waals surface area (Å²) in [6.45, 7) is 4.84. The second-order valence-electron chi connectivity index (χ2n) is 6.04. The molecule has 1 heterocycles.